The first kappa shape index (κ1) is 26.5. The molecular weight excluding hydrogens is 588 g/mol. The first-order valence-corrected chi connectivity index (χ1v) is 15.2. The predicted octanol–water partition coefficient (Wildman–Crippen LogP) is 5.92. The lowest BCUT2D eigenvalue weighted by atomic mass is 10.2. The molecule has 1 aliphatic heterocycles. The van der Waals surface area contributed by atoms with Crippen molar-refractivity contribution in [2.75, 3.05) is 24.7 Å². The fourth-order valence-corrected chi connectivity index (χ4v) is 7.07. The Labute approximate surface area is 233 Å². The highest BCUT2D eigenvalue weighted by atomic mass is 79.9. The molecule has 5 rings (SSSR count). The van der Waals surface area contributed by atoms with Crippen LogP contribution in [-0.4, -0.2) is 49.5 Å². The molecule has 1 fully saturated rings. The molecule has 8 nitrogen and oxygen atoms in total. The van der Waals surface area contributed by atoms with E-state index >= 15 is 0 Å². The van der Waals surface area contributed by atoms with Crippen molar-refractivity contribution in [3.05, 3.63) is 82.3 Å². The van der Waals surface area contributed by atoms with Crippen LogP contribution >= 0.6 is 27.3 Å². The third-order valence-corrected chi connectivity index (χ3v) is 9.43. The van der Waals surface area contributed by atoms with Crippen LogP contribution in [0.1, 0.15) is 35.7 Å². The number of carbonyl (C=O) groups excluding carboxylic acids is 1. The number of hydrogen-bond donors (Lipinski definition) is 0. The summed E-state index contributed by atoms with van der Waals surface area (Å²) in [6, 6.07) is 19.1. The number of nitrogens with zero attached hydrogens (tertiary/aromatic N) is 4. The number of hydrazone groups is 1. The maximum Gasteiger partial charge on any atom is 0.280 e. The van der Waals surface area contributed by atoms with Crippen molar-refractivity contribution in [2.45, 2.75) is 24.7 Å². The maximum atomic E-state index is 13.7. The largest absolute Gasteiger partial charge is 0.494 e. The van der Waals surface area contributed by atoms with E-state index in [1.54, 1.807) is 6.21 Å². The zero-order valence-corrected chi connectivity index (χ0v) is 23.8. The van der Waals surface area contributed by atoms with Crippen molar-refractivity contribution in [3.63, 3.8) is 0 Å². The van der Waals surface area contributed by atoms with Gasteiger partial charge in [0, 0.05) is 23.1 Å². The number of carbonyl (C=O) groups is 1. The van der Waals surface area contributed by atoms with Crippen LogP contribution in [0.2, 0.25) is 0 Å². The van der Waals surface area contributed by atoms with Crippen molar-refractivity contribution in [2.24, 2.45) is 5.10 Å². The van der Waals surface area contributed by atoms with Gasteiger partial charge < -0.3 is 4.74 Å². The molecule has 4 aromatic rings. The van der Waals surface area contributed by atoms with Gasteiger partial charge in [0.15, 0.2) is 0 Å². The van der Waals surface area contributed by atoms with Crippen LogP contribution in [0.4, 0.5) is 5.13 Å². The average Bonchev–Trinajstić information content (AvgIpc) is 3.61. The molecule has 2 heterocycles. The Hall–Kier alpha value is -3.12. The third-order valence-electron chi connectivity index (χ3n) is 6.03. The fraction of sp³-hybridized carbons (Fsp3) is 0.222. The minimum absolute atomic E-state index is 0.172. The molecule has 0 spiro atoms. The molecule has 0 N–H and O–H groups in total. The molecule has 1 amide bonds. The first-order valence-electron chi connectivity index (χ1n) is 12.1. The normalized spacial score (nSPS) is 14.4. The second kappa shape index (κ2) is 11.3. The van der Waals surface area contributed by atoms with Crippen molar-refractivity contribution < 1.29 is 17.9 Å². The summed E-state index contributed by atoms with van der Waals surface area (Å²) in [5, 5.41) is 6.15. The van der Waals surface area contributed by atoms with E-state index in [0.717, 1.165) is 38.8 Å². The number of fused-ring (bicyclic) bond motifs is 1. The lowest BCUT2D eigenvalue weighted by Gasteiger charge is -2.16. The van der Waals surface area contributed by atoms with Crippen molar-refractivity contribution in [3.8, 4) is 5.75 Å². The molecule has 1 aliphatic rings. The molecule has 196 valence electrons. The molecule has 0 unspecified atom stereocenters. The predicted molar refractivity (Wildman–Crippen MR) is 154 cm³/mol. The van der Waals surface area contributed by atoms with Crippen LogP contribution in [0, 0.1) is 0 Å². The van der Waals surface area contributed by atoms with E-state index in [1.165, 1.54) is 44.9 Å². The van der Waals surface area contributed by atoms with E-state index in [9.17, 15) is 13.2 Å². The van der Waals surface area contributed by atoms with Crippen molar-refractivity contribution >= 4 is 64.8 Å². The van der Waals surface area contributed by atoms with E-state index in [2.05, 4.69) is 26.0 Å². The number of benzene rings is 3. The molecular formula is C27H25BrN4O4S2. The Balaban J connectivity index is 1.47. The number of ether oxygens (including phenoxy) is 1. The summed E-state index contributed by atoms with van der Waals surface area (Å²) in [5.74, 6) is 0.328. The number of rotatable bonds is 8. The van der Waals surface area contributed by atoms with Gasteiger partial charge in [-0.25, -0.2) is 13.4 Å². The molecule has 0 aliphatic carbocycles. The number of aromatic nitrogens is 1. The minimum Gasteiger partial charge on any atom is -0.494 e. The number of anilines is 1. The molecule has 11 heteroatoms. The molecule has 3 aromatic carbocycles. The quantitative estimate of drug-likeness (QED) is 0.182. The van der Waals surface area contributed by atoms with Gasteiger partial charge in [-0.3, -0.25) is 4.79 Å². The zero-order valence-electron chi connectivity index (χ0n) is 20.6. The van der Waals surface area contributed by atoms with Gasteiger partial charge in [0.25, 0.3) is 5.91 Å². The lowest BCUT2D eigenvalue weighted by molar-refractivity contribution is 0.0987. The van der Waals surface area contributed by atoms with E-state index in [-0.39, 0.29) is 4.90 Å². The van der Waals surface area contributed by atoms with Gasteiger partial charge in [0.2, 0.25) is 15.2 Å². The monoisotopic (exact) mass is 612 g/mol. The summed E-state index contributed by atoms with van der Waals surface area (Å²) in [6.45, 7) is 3.53. The lowest BCUT2D eigenvalue weighted by Crippen LogP contribution is -2.28. The highest BCUT2D eigenvalue weighted by Crippen LogP contribution is 2.32. The van der Waals surface area contributed by atoms with Gasteiger partial charge in [-0.1, -0.05) is 27.3 Å². The van der Waals surface area contributed by atoms with E-state index in [4.69, 9.17) is 4.74 Å². The highest BCUT2D eigenvalue weighted by Gasteiger charge is 2.28. The van der Waals surface area contributed by atoms with E-state index in [1.807, 2.05) is 49.4 Å². The number of halogens is 1. The Bertz CT molecular complexity index is 1580. The van der Waals surface area contributed by atoms with Crippen molar-refractivity contribution in [1.29, 1.82) is 0 Å². The molecule has 0 radical (unpaired) electrons. The molecule has 1 saturated heterocycles. The Morgan fingerprint density at radius 3 is 2.50 bits per heavy atom. The van der Waals surface area contributed by atoms with Crippen LogP contribution in [0.25, 0.3) is 10.2 Å². The molecule has 0 atom stereocenters. The summed E-state index contributed by atoms with van der Waals surface area (Å²) in [7, 11) is -3.58. The van der Waals surface area contributed by atoms with Crippen molar-refractivity contribution in [1.82, 2.24) is 9.29 Å². The summed E-state index contributed by atoms with van der Waals surface area (Å²) in [6.07, 6.45) is 3.30. The Kier molecular flexibility index (Phi) is 7.89. The number of hydrogen-bond acceptors (Lipinski definition) is 7. The van der Waals surface area contributed by atoms with Crippen LogP contribution in [0.15, 0.2) is 81.2 Å². The van der Waals surface area contributed by atoms with E-state index in [0.29, 0.717) is 30.4 Å². The number of amides is 1. The molecule has 38 heavy (non-hydrogen) atoms. The van der Waals surface area contributed by atoms with Gasteiger partial charge in [-0.15, -0.1) is 0 Å². The zero-order chi connectivity index (χ0) is 26.7. The summed E-state index contributed by atoms with van der Waals surface area (Å²) < 4.78 is 34.6. The second-order valence-electron chi connectivity index (χ2n) is 8.61. The minimum atomic E-state index is -3.58. The molecule has 0 saturated carbocycles. The van der Waals surface area contributed by atoms with Gasteiger partial charge in [-0.05, 0) is 92.1 Å². The van der Waals surface area contributed by atoms with E-state index < -0.39 is 15.9 Å². The SMILES string of the molecule is CCOc1ccc(/C=N/N(C(=O)c2ccc(S(=O)(=O)N3CCCC3)cc2)c2nc3ccc(Br)cc3s2)cc1. The molecule has 1 aromatic heterocycles. The summed E-state index contributed by atoms with van der Waals surface area (Å²) in [5.41, 5.74) is 1.83. The topological polar surface area (TPSA) is 92.2 Å². The fourth-order valence-electron chi connectivity index (χ4n) is 4.08. The van der Waals surface area contributed by atoms with Crippen LogP contribution in [-0.2, 0) is 10.0 Å². The smallest absolute Gasteiger partial charge is 0.280 e. The van der Waals surface area contributed by atoms with Crippen LogP contribution < -0.4 is 9.75 Å². The Morgan fingerprint density at radius 1 is 1.11 bits per heavy atom. The van der Waals surface area contributed by atoms with Gasteiger partial charge >= 0.3 is 0 Å². The van der Waals surface area contributed by atoms with Crippen LogP contribution in [0.3, 0.4) is 0 Å². The number of thiazole rings is 1. The molecule has 0 bridgehead atoms. The first-order chi connectivity index (χ1) is 18.3. The summed E-state index contributed by atoms with van der Waals surface area (Å²) >= 11 is 4.81. The Morgan fingerprint density at radius 2 is 1.82 bits per heavy atom. The second-order valence-corrected chi connectivity index (χ2v) is 12.5. The van der Waals surface area contributed by atoms with Gasteiger partial charge in [0.1, 0.15) is 5.75 Å². The van der Waals surface area contributed by atoms with Gasteiger partial charge in [-0.2, -0.15) is 14.4 Å². The third kappa shape index (κ3) is 5.65. The highest BCUT2D eigenvalue weighted by molar-refractivity contribution is 9.10. The van der Waals surface area contributed by atoms with Crippen LogP contribution in [0.5, 0.6) is 5.75 Å². The van der Waals surface area contributed by atoms with Gasteiger partial charge in [0.05, 0.1) is 27.9 Å². The summed E-state index contributed by atoms with van der Waals surface area (Å²) in [4.78, 5) is 18.5. The average molecular weight is 614 g/mol. The standard InChI is InChI=1S/C27H25BrN4O4S2/c1-2-36-22-10-5-19(6-11-22)18-29-32(27-30-24-14-9-21(28)17-25(24)37-27)26(33)20-7-12-23(13-8-20)38(34,35)31-15-3-4-16-31/h5-14,17-18H,2-4,15-16H2,1H3/b29-18+. The number of sulfonamides is 1. The maximum absolute atomic E-state index is 13.7.